The van der Waals surface area contributed by atoms with Crippen molar-refractivity contribution in [2.45, 2.75) is 182 Å². The third-order valence-corrected chi connectivity index (χ3v) is 12.1. The molecule has 0 aliphatic rings. The number of phosphoric acid groups is 2. The van der Waals surface area contributed by atoms with Crippen molar-refractivity contribution in [1.29, 1.82) is 0 Å². The molecule has 0 heterocycles. The smallest absolute Gasteiger partial charge is 0.602 e. The number of phosphoric ester groups is 2. The van der Waals surface area contributed by atoms with Crippen LogP contribution < -0.4 is 14.7 Å². The minimum Gasteiger partial charge on any atom is -0.602 e. The largest absolute Gasteiger partial charge is 0.736 e. The van der Waals surface area contributed by atoms with Crippen LogP contribution in [-0.2, 0) is 62.4 Å². The molecule has 0 aromatic rings. The van der Waals surface area contributed by atoms with E-state index in [1.165, 1.54) is 77.0 Å². The monoisotopic (exact) mass is 893 g/mol. The molecule has 0 spiro atoms. The van der Waals surface area contributed by atoms with Crippen LogP contribution in [0.5, 0.6) is 0 Å². The van der Waals surface area contributed by atoms with Gasteiger partial charge in [-0.3, -0.25) is 0 Å². The van der Waals surface area contributed by atoms with Gasteiger partial charge in [-0.2, -0.15) is 18.1 Å². The van der Waals surface area contributed by atoms with Crippen molar-refractivity contribution in [3.05, 3.63) is 0 Å². The van der Waals surface area contributed by atoms with Gasteiger partial charge in [0.25, 0.3) is 0 Å². The van der Waals surface area contributed by atoms with Crippen molar-refractivity contribution in [3.63, 3.8) is 0 Å². The zero-order valence-corrected chi connectivity index (χ0v) is 38.7. The van der Waals surface area contributed by atoms with Crippen LogP contribution in [0.3, 0.4) is 0 Å². The Hall–Kier alpha value is 0.804. The molecule has 20 heteroatoms. The van der Waals surface area contributed by atoms with Gasteiger partial charge >= 0.3 is 38.8 Å². The number of aliphatic carboxylic acids is 1. The van der Waals surface area contributed by atoms with Crippen molar-refractivity contribution in [3.8, 4) is 0 Å². The van der Waals surface area contributed by atoms with Gasteiger partial charge in [0.1, 0.15) is 6.61 Å². The Bertz CT molecular complexity index is 744. The summed E-state index contributed by atoms with van der Waals surface area (Å²) in [6.45, 7) is 8.64. The van der Waals surface area contributed by atoms with Gasteiger partial charge in [-0.05, 0) is 30.2 Å². The van der Waals surface area contributed by atoms with E-state index in [0.717, 1.165) is 64.2 Å². The molecule has 0 aromatic heterocycles. The topological polar surface area (TPSA) is 236 Å². The van der Waals surface area contributed by atoms with E-state index in [-0.39, 0.29) is 48.1 Å². The van der Waals surface area contributed by atoms with Crippen LogP contribution in [0.1, 0.15) is 182 Å². The fourth-order valence-electron chi connectivity index (χ4n) is 4.57. The standard InChI is InChI=1S/2C16H34O6P2.C2H4O3.Ti/c2*1-3-5-7-9-11-13-15-20-24(19,22-23(17)18)21-16-14-12-10-8-6-4-2;3-1-2(4)5;/h2*3-16H2,1-2H3;3H,1H2,(H,4,5);/p+1. The SMILES string of the molecule is CCCCCCCCO[P+]([O-])(OCCCCCCCC)O[P+](=O)O.CCCCCCCCO[P+]([O-])(OCCCCCCCC)O[P+](=O)[O-].O=C(O)CO.[Ti]. The first kappa shape index (κ1) is 61.5. The van der Waals surface area contributed by atoms with Gasteiger partial charge in [-0.25, -0.2) is 4.79 Å². The summed E-state index contributed by atoms with van der Waals surface area (Å²) in [6.07, 6.45) is 25.5. The minimum absolute atomic E-state index is 0. The molecule has 0 aliphatic carbocycles. The molecular formula is C34H73O15P4Ti+. The van der Waals surface area contributed by atoms with Crippen molar-refractivity contribution < 1.29 is 92.1 Å². The Morgan fingerprint density at radius 3 is 0.944 bits per heavy atom. The van der Waals surface area contributed by atoms with Crippen LogP contribution in [-0.4, -0.2) is 54.1 Å². The molecule has 2 atom stereocenters. The zero-order chi connectivity index (χ0) is 40.5. The third-order valence-electron chi connectivity index (χ3n) is 7.46. The molecule has 0 radical (unpaired) electrons. The second-order valence-corrected chi connectivity index (χ2v) is 17.5. The average molecular weight is 894 g/mol. The van der Waals surface area contributed by atoms with E-state index >= 15 is 0 Å². The van der Waals surface area contributed by atoms with Gasteiger partial charge in [-0.1, -0.05) is 156 Å². The maximum absolute atomic E-state index is 12.3. The van der Waals surface area contributed by atoms with Crippen LogP contribution in [0.2, 0.25) is 0 Å². The fraction of sp³-hybridized carbons (Fsp3) is 0.971. The number of carbonyl (C=O) groups is 1. The van der Waals surface area contributed by atoms with E-state index in [0.29, 0.717) is 12.8 Å². The molecule has 0 bridgehead atoms. The van der Waals surface area contributed by atoms with Gasteiger partial charge in [0, 0.05) is 26.3 Å². The molecule has 0 saturated heterocycles. The molecule has 54 heavy (non-hydrogen) atoms. The van der Waals surface area contributed by atoms with E-state index in [4.69, 9.17) is 38.0 Å². The first-order valence-corrected chi connectivity index (χ1v) is 24.8. The first-order chi connectivity index (χ1) is 25.3. The van der Waals surface area contributed by atoms with E-state index in [1.807, 2.05) is 0 Å². The number of aliphatic hydroxyl groups excluding tert-OH is 1. The molecule has 0 saturated carbocycles. The molecule has 2 unspecified atom stereocenters. The Balaban J connectivity index is -0.000000404. The maximum atomic E-state index is 12.3. The average Bonchev–Trinajstić information content (AvgIpc) is 3.10. The van der Waals surface area contributed by atoms with Gasteiger partial charge in [0.05, 0.1) is 35.0 Å². The zero-order valence-electron chi connectivity index (χ0n) is 33.5. The predicted octanol–water partition coefficient (Wildman–Crippen LogP) is 9.32. The van der Waals surface area contributed by atoms with E-state index in [2.05, 4.69) is 36.3 Å². The summed E-state index contributed by atoms with van der Waals surface area (Å²) in [6, 6.07) is 0. The number of hydrogen-bond acceptors (Lipinski definition) is 13. The van der Waals surface area contributed by atoms with Gasteiger partial charge in [0.2, 0.25) is 0 Å². The predicted molar refractivity (Wildman–Crippen MR) is 205 cm³/mol. The minimum atomic E-state index is -3.99. The summed E-state index contributed by atoms with van der Waals surface area (Å²) in [4.78, 5) is 53.2. The summed E-state index contributed by atoms with van der Waals surface area (Å²) >= 11 is 0. The van der Waals surface area contributed by atoms with Crippen molar-refractivity contribution in [1.82, 2.24) is 0 Å². The molecule has 3 N–H and O–H groups in total. The molecule has 15 nitrogen and oxygen atoms in total. The number of hydrogen-bond donors (Lipinski definition) is 3. The van der Waals surface area contributed by atoms with Crippen LogP contribution in [0, 0.1) is 0 Å². The van der Waals surface area contributed by atoms with Crippen molar-refractivity contribution in [2.24, 2.45) is 0 Å². The summed E-state index contributed by atoms with van der Waals surface area (Å²) in [7, 11) is -14.2. The third kappa shape index (κ3) is 50.8. The van der Waals surface area contributed by atoms with Crippen LogP contribution in [0.4, 0.5) is 0 Å². The number of rotatable bonds is 37. The molecule has 322 valence electrons. The maximum Gasteiger partial charge on any atom is 0.736 e. The second kappa shape index (κ2) is 46.5. The summed E-state index contributed by atoms with van der Waals surface area (Å²) < 4.78 is 51.0. The molecule has 0 fully saturated rings. The van der Waals surface area contributed by atoms with E-state index < -0.39 is 45.4 Å². The Morgan fingerprint density at radius 2 is 0.741 bits per heavy atom. The van der Waals surface area contributed by atoms with Gasteiger partial charge in [-0.15, -0.1) is 4.89 Å². The van der Waals surface area contributed by atoms with Crippen LogP contribution in [0.15, 0.2) is 0 Å². The Morgan fingerprint density at radius 1 is 0.519 bits per heavy atom. The van der Waals surface area contributed by atoms with Crippen LogP contribution >= 0.6 is 32.9 Å². The molecule has 0 aliphatic heterocycles. The molecule has 0 amide bonds. The molecule has 0 rings (SSSR count). The summed E-state index contributed by atoms with van der Waals surface area (Å²) in [5.74, 6) is -1.19. The fourth-order valence-corrected chi connectivity index (χ4v) is 8.22. The Labute approximate surface area is 344 Å². The Kier molecular flexibility index (Phi) is 52.9. The number of unbranched alkanes of at least 4 members (excludes halogenated alkanes) is 20. The summed E-state index contributed by atoms with van der Waals surface area (Å²) in [5, 5.41) is 15.0. The molecular weight excluding hydrogens is 820 g/mol. The van der Waals surface area contributed by atoms with Gasteiger partial charge < -0.3 is 24.9 Å². The number of aliphatic hydroxyl groups is 1. The number of carboxylic acid groups (broad SMARTS) is 1. The number of carboxylic acids is 1. The van der Waals surface area contributed by atoms with Crippen molar-refractivity contribution >= 4 is 38.8 Å². The van der Waals surface area contributed by atoms with E-state index in [1.54, 1.807) is 0 Å². The first-order valence-electron chi connectivity index (χ1n) is 19.7. The summed E-state index contributed by atoms with van der Waals surface area (Å²) in [5.41, 5.74) is 0. The van der Waals surface area contributed by atoms with E-state index in [9.17, 15) is 23.8 Å². The van der Waals surface area contributed by atoms with Gasteiger partial charge in [0.15, 0.2) is 0 Å². The quantitative estimate of drug-likeness (QED) is 0.0299. The molecule has 0 aromatic carbocycles. The van der Waals surface area contributed by atoms with Crippen LogP contribution in [0.25, 0.3) is 0 Å². The van der Waals surface area contributed by atoms with Crippen molar-refractivity contribution in [2.75, 3.05) is 33.0 Å². The normalized spacial score (nSPS) is 11.9. The second-order valence-electron chi connectivity index (χ2n) is 12.5.